The number of nitrogens with one attached hydrogen (secondary N) is 1. The monoisotopic (exact) mass is 341 g/mol. The molecular formula is C15H13Cl2NO2S. The molecule has 6 heteroatoms. The number of hydrogen-bond donors (Lipinski definition) is 1. The quantitative estimate of drug-likeness (QED) is 0.905. The third-order valence-corrected chi connectivity index (χ3v) is 5.29. The van der Waals surface area contributed by atoms with Crippen molar-refractivity contribution < 1.29 is 8.42 Å². The first-order chi connectivity index (χ1) is 9.94. The molecule has 1 aliphatic rings. The maximum atomic E-state index is 12.4. The van der Waals surface area contributed by atoms with Gasteiger partial charge in [0, 0.05) is 15.7 Å². The highest BCUT2D eigenvalue weighted by Crippen LogP contribution is 2.27. The molecule has 3 nitrogen and oxygen atoms in total. The Balaban J connectivity index is 1.92. The summed E-state index contributed by atoms with van der Waals surface area (Å²) < 4.78 is 27.3. The molecule has 1 aliphatic carbocycles. The maximum absolute atomic E-state index is 12.4. The Kier molecular flexibility index (Phi) is 3.86. The molecule has 2 aromatic rings. The highest BCUT2D eigenvalue weighted by molar-refractivity contribution is 7.92. The summed E-state index contributed by atoms with van der Waals surface area (Å²) in [6.07, 6.45) is 3.18. The van der Waals surface area contributed by atoms with Gasteiger partial charge in [-0.2, -0.15) is 0 Å². The van der Waals surface area contributed by atoms with Gasteiger partial charge < -0.3 is 0 Å². The van der Waals surface area contributed by atoms with Crippen molar-refractivity contribution in [2.75, 3.05) is 4.72 Å². The molecule has 0 aromatic heterocycles. The molecule has 0 radical (unpaired) electrons. The van der Waals surface area contributed by atoms with Crippen molar-refractivity contribution in [3.63, 3.8) is 0 Å². The first-order valence-corrected chi connectivity index (χ1v) is 8.79. The molecule has 0 heterocycles. The van der Waals surface area contributed by atoms with Gasteiger partial charge in [0.05, 0.1) is 4.90 Å². The zero-order chi connectivity index (χ0) is 15.0. The maximum Gasteiger partial charge on any atom is 0.261 e. The number of anilines is 1. The Hall–Kier alpha value is -1.23. The molecule has 0 amide bonds. The third-order valence-electron chi connectivity index (χ3n) is 3.50. The van der Waals surface area contributed by atoms with Crippen LogP contribution in [0.2, 0.25) is 10.0 Å². The molecule has 1 N–H and O–H groups in total. The summed E-state index contributed by atoms with van der Waals surface area (Å²) in [4.78, 5) is 0.0560. The van der Waals surface area contributed by atoms with Gasteiger partial charge in [-0.05, 0) is 60.7 Å². The second kappa shape index (κ2) is 5.52. The van der Waals surface area contributed by atoms with Gasteiger partial charge in [0.2, 0.25) is 0 Å². The van der Waals surface area contributed by atoms with E-state index in [2.05, 4.69) is 4.72 Å². The highest BCUT2D eigenvalue weighted by Gasteiger charge is 2.17. The molecule has 0 spiro atoms. The summed E-state index contributed by atoms with van der Waals surface area (Å²) in [6.45, 7) is 0. The summed E-state index contributed by atoms with van der Waals surface area (Å²) >= 11 is 11.7. The topological polar surface area (TPSA) is 46.2 Å². The lowest BCUT2D eigenvalue weighted by Crippen LogP contribution is -2.13. The van der Waals surface area contributed by atoms with Crippen molar-refractivity contribution >= 4 is 38.9 Å². The number of aryl methyl sites for hydroxylation is 2. The van der Waals surface area contributed by atoms with E-state index in [-0.39, 0.29) is 14.9 Å². The van der Waals surface area contributed by atoms with Gasteiger partial charge in [-0.15, -0.1) is 0 Å². The molecule has 2 aromatic carbocycles. The van der Waals surface area contributed by atoms with Crippen LogP contribution in [-0.2, 0) is 22.9 Å². The summed E-state index contributed by atoms with van der Waals surface area (Å²) in [5.74, 6) is 0. The fourth-order valence-corrected chi connectivity index (χ4v) is 4.31. The van der Waals surface area contributed by atoms with E-state index in [1.807, 2.05) is 12.1 Å². The van der Waals surface area contributed by atoms with Gasteiger partial charge in [0.15, 0.2) is 0 Å². The van der Waals surface area contributed by atoms with Crippen molar-refractivity contribution in [1.29, 1.82) is 0 Å². The average Bonchev–Trinajstić information content (AvgIpc) is 2.84. The molecule has 0 unspecified atom stereocenters. The lowest BCUT2D eigenvalue weighted by atomic mass is 10.1. The minimum absolute atomic E-state index is 0.0560. The molecular weight excluding hydrogens is 329 g/mol. The van der Waals surface area contributed by atoms with Gasteiger partial charge in [-0.1, -0.05) is 29.3 Å². The van der Waals surface area contributed by atoms with Crippen molar-refractivity contribution in [2.45, 2.75) is 24.2 Å². The Bertz CT molecular complexity index is 783. The van der Waals surface area contributed by atoms with E-state index >= 15 is 0 Å². The second-order valence-electron chi connectivity index (χ2n) is 5.05. The second-order valence-corrected chi connectivity index (χ2v) is 7.60. The smallest absolute Gasteiger partial charge is 0.261 e. The van der Waals surface area contributed by atoms with Crippen LogP contribution in [0.25, 0.3) is 0 Å². The van der Waals surface area contributed by atoms with Crippen LogP contribution in [0.4, 0.5) is 5.69 Å². The minimum atomic E-state index is -3.69. The Labute approximate surface area is 133 Å². The van der Waals surface area contributed by atoms with Crippen molar-refractivity contribution in [2.24, 2.45) is 0 Å². The van der Waals surface area contributed by atoms with Gasteiger partial charge in [-0.25, -0.2) is 8.42 Å². The Morgan fingerprint density at radius 1 is 0.905 bits per heavy atom. The Morgan fingerprint density at radius 3 is 2.29 bits per heavy atom. The van der Waals surface area contributed by atoms with Gasteiger partial charge >= 0.3 is 0 Å². The van der Waals surface area contributed by atoms with E-state index in [0.29, 0.717) is 5.69 Å². The normalized spacial score (nSPS) is 14.0. The fraction of sp³-hybridized carbons (Fsp3) is 0.200. The molecule has 0 saturated carbocycles. The summed E-state index contributed by atoms with van der Waals surface area (Å²) in [5, 5.41) is 0.577. The average molecular weight is 342 g/mol. The zero-order valence-electron chi connectivity index (χ0n) is 11.1. The first-order valence-electron chi connectivity index (χ1n) is 6.55. The van der Waals surface area contributed by atoms with E-state index in [4.69, 9.17) is 23.2 Å². The molecule has 0 aliphatic heterocycles. The number of sulfonamides is 1. The zero-order valence-corrected chi connectivity index (χ0v) is 13.4. The van der Waals surface area contributed by atoms with Crippen molar-refractivity contribution in [3.8, 4) is 0 Å². The lowest BCUT2D eigenvalue weighted by Gasteiger charge is -2.10. The van der Waals surface area contributed by atoms with E-state index in [1.165, 1.54) is 29.3 Å². The van der Waals surface area contributed by atoms with Crippen LogP contribution in [0, 0.1) is 0 Å². The predicted molar refractivity (Wildman–Crippen MR) is 85.7 cm³/mol. The van der Waals surface area contributed by atoms with Crippen LogP contribution >= 0.6 is 23.2 Å². The molecule has 0 fully saturated rings. The Morgan fingerprint density at radius 2 is 1.57 bits per heavy atom. The minimum Gasteiger partial charge on any atom is -0.280 e. The predicted octanol–water partition coefficient (Wildman–Crippen LogP) is 4.28. The van der Waals surface area contributed by atoms with Crippen LogP contribution in [0.1, 0.15) is 17.5 Å². The highest BCUT2D eigenvalue weighted by atomic mass is 35.5. The molecule has 0 atom stereocenters. The van der Waals surface area contributed by atoms with E-state index in [1.54, 1.807) is 6.07 Å². The van der Waals surface area contributed by atoms with Crippen LogP contribution in [0.15, 0.2) is 41.3 Å². The SMILES string of the molecule is O=S(=O)(Nc1ccc2c(c1)CCC2)c1cc(Cl)cc(Cl)c1. The standard InChI is InChI=1S/C15H13Cl2NO2S/c16-12-7-13(17)9-15(8-12)21(19,20)18-14-5-4-10-2-1-3-11(10)6-14/h4-9,18H,1-3H2. The van der Waals surface area contributed by atoms with E-state index < -0.39 is 10.0 Å². The van der Waals surface area contributed by atoms with Gasteiger partial charge in [0.25, 0.3) is 10.0 Å². The molecule has 0 bridgehead atoms. The van der Waals surface area contributed by atoms with Crippen LogP contribution in [0.3, 0.4) is 0 Å². The number of rotatable bonds is 3. The van der Waals surface area contributed by atoms with E-state index in [9.17, 15) is 8.42 Å². The number of halogens is 2. The number of benzene rings is 2. The summed E-state index contributed by atoms with van der Waals surface area (Å²) in [5.41, 5.74) is 3.06. The first kappa shape index (κ1) is 14.7. The van der Waals surface area contributed by atoms with Crippen molar-refractivity contribution in [1.82, 2.24) is 0 Å². The largest absolute Gasteiger partial charge is 0.280 e. The van der Waals surface area contributed by atoms with Crippen LogP contribution in [0.5, 0.6) is 0 Å². The van der Waals surface area contributed by atoms with Gasteiger partial charge in [-0.3, -0.25) is 4.72 Å². The van der Waals surface area contributed by atoms with Crippen molar-refractivity contribution in [3.05, 3.63) is 57.6 Å². The molecule has 21 heavy (non-hydrogen) atoms. The number of hydrogen-bond acceptors (Lipinski definition) is 2. The molecule has 3 rings (SSSR count). The molecule has 0 saturated heterocycles. The number of fused-ring (bicyclic) bond motifs is 1. The summed E-state index contributed by atoms with van der Waals surface area (Å²) in [6, 6.07) is 9.91. The van der Waals surface area contributed by atoms with Gasteiger partial charge in [0.1, 0.15) is 0 Å². The van der Waals surface area contributed by atoms with Crippen LogP contribution < -0.4 is 4.72 Å². The van der Waals surface area contributed by atoms with Crippen LogP contribution in [-0.4, -0.2) is 8.42 Å². The molecule has 110 valence electrons. The fourth-order valence-electron chi connectivity index (χ4n) is 2.53. The summed E-state index contributed by atoms with van der Waals surface area (Å²) in [7, 11) is -3.69. The third kappa shape index (κ3) is 3.18. The van der Waals surface area contributed by atoms with E-state index in [0.717, 1.165) is 19.3 Å². The lowest BCUT2D eigenvalue weighted by molar-refractivity contribution is 0.601.